The Balaban J connectivity index is 1.85. The molecule has 1 aliphatic rings. The molecule has 1 fully saturated rings. The Morgan fingerprint density at radius 2 is 1.86 bits per heavy atom. The van der Waals surface area contributed by atoms with E-state index in [1.807, 2.05) is 12.1 Å². The molecule has 5 heteroatoms. The van der Waals surface area contributed by atoms with Crippen LogP contribution >= 0.6 is 11.8 Å². The van der Waals surface area contributed by atoms with Gasteiger partial charge < -0.3 is 15.0 Å². The van der Waals surface area contributed by atoms with E-state index < -0.39 is 0 Å². The van der Waals surface area contributed by atoms with Gasteiger partial charge >= 0.3 is 0 Å². The maximum absolute atomic E-state index is 11.9. The SMILES string of the molecule is CC(C)(C)SCC(=O)Nc1ccc(N2CCOCC2)cc1. The third kappa shape index (κ3) is 5.59. The first-order valence-corrected chi connectivity index (χ1v) is 8.29. The molecule has 116 valence electrons. The lowest BCUT2D eigenvalue weighted by Gasteiger charge is -2.28. The number of benzene rings is 1. The number of anilines is 2. The fourth-order valence-electron chi connectivity index (χ4n) is 2.06. The number of thioether (sulfide) groups is 1. The molecular weight excluding hydrogens is 284 g/mol. The minimum Gasteiger partial charge on any atom is -0.378 e. The summed E-state index contributed by atoms with van der Waals surface area (Å²) in [5.41, 5.74) is 2.03. The van der Waals surface area contributed by atoms with Crippen LogP contribution in [-0.4, -0.2) is 42.7 Å². The van der Waals surface area contributed by atoms with Gasteiger partial charge in [-0.15, -0.1) is 11.8 Å². The lowest BCUT2D eigenvalue weighted by atomic mass is 10.2. The highest BCUT2D eigenvalue weighted by Crippen LogP contribution is 2.23. The van der Waals surface area contributed by atoms with Crippen LogP contribution in [0.3, 0.4) is 0 Å². The zero-order chi connectivity index (χ0) is 15.3. The Kier molecular flexibility index (Phi) is 5.53. The number of amides is 1. The first-order chi connectivity index (χ1) is 9.94. The first-order valence-electron chi connectivity index (χ1n) is 7.31. The van der Waals surface area contributed by atoms with Gasteiger partial charge in [-0.05, 0) is 24.3 Å². The number of rotatable bonds is 4. The molecule has 1 saturated heterocycles. The summed E-state index contributed by atoms with van der Waals surface area (Å²) in [6, 6.07) is 8.03. The van der Waals surface area contributed by atoms with E-state index in [-0.39, 0.29) is 10.7 Å². The number of carbonyl (C=O) groups excluding carboxylic acids is 1. The summed E-state index contributed by atoms with van der Waals surface area (Å²) in [4.78, 5) is 14.2. The smallest absolute Gasteiger partial charge is 0.234 e. The summed E-state index contributed by atoms with van der Waals surface area (Å²) in [6.45, 7) is 9.75. The van der Waals surface area contributed by atoms with Crippen LogP contribution in [-0.2, 0) is 9.53 Å². The molecule has 21 heavy (non-hydrogen) atoms. The maximum atomic E-state index is 11.9. The third-order valence-electron chi connectivity index (χ3n) is 3.16. The molecule has 0 saturated carbocycles. The molecule has 0 radical (unpaired) electrons. The summed E-state index contributed by atoms with van der Waals surface area (Å²) in [5, 5.41) is 2.94. The molecule has 1 aromatic rings. The number of hydrogen-bond acceptors (Lipinski definition) is 4. The second-order valence-electron chi connectivity index (χ2n) is 6.10. The van der Waals surface area contributed by atoms with E-state index in [0.29, 0.717) is 5.75 Å². The highest BCUT2D eigenvalue weighted by Gasteiger charge is 2.14. The van der Waals surface area contributed by atoms with Gasteiger partial charge in [0.2, 0.25) is 5.91 Å². The molecule has 0 aliphatic carbocycles. The van der Waals surface area contributed by atoms with Crippen molar-refractivity contribution in [3.05, 3.63) is 24.3 Å². The molecule has 0 bridgehead atoms. The number of ether oxygens (including phenoxy) is 1. The van der Waals surface area contributed by atoms with Crippen LogP contribution in [0.25, 0.3) is 0 Å². The Morgan fingerprint density at radius 1 is 1.24 bits per heavy atom. The van der Waals surface area contributed by atoms with Crippen LogP contribution in [0, 0.1) is 0 Å². The van der Waals surface area contributed by atoms with Gasteiger partial charge in [0, 0.05) is 29.2 Å². The maximum Gasteiger partial charge on any atom is 0.234 e. The molecule has 2 rings (SSSR count). The molecule has 0 unspecified atom stereocenters. The van der Waals surface area contributed by atoms with Crippen molar-refractivity contribution >= 4 is 29.0 Å². The quantitative estimate of drug-likeness (QED) is 0.928. The van der Waals surface area contributed by atoms with E-state index >= 15 is 0 Å². The molecule has 0 spiro atoms. The number of nitrogens with one attached hydrogen (secondary N) is 1. The Labute approximate surface area is 131 Å². The summed E-state index contributed by atoms with van der Waals surface area (Å²) < 4.78 is 5.46. The number of morpholine rings is 1. The van der Waals surface area contributed by atoms with E-state index in [0.717, 1.165) is 32.0 Å². The predicted molar refractivity (Wildman–Crippen MR) is 90.3 cm³/mol. The van der Waals surface area contributed by atoms with E-state index in [4.69, 9.17) is 4.74 Å². The van der Waals surface area contributed by atoms with Crippen LogP contribution < -0.4 is 10.2 Å². The van der Waals surface area contributed by atoms with Crippen LogP contribution in [0.4, 0.5) is 11.4 Å². The highest BCUT2D eigenvalue weighted by molar-refractivity contribution is 8.01. The van der Waals surface area contributed by atoms with Gasteiger partial charge in [-0.1, -0.05) is 20.8 Å². The Morgan fingerprint density at radius 3 is 2.43 bits per heavy atom. The van der Waals surface area contributed by atoms with Gasteiger partial charge in [-0.3, -0.25) is 4.79 Å². The summed E-state index contributed by atoms with van der Waals surface area (Å²) >= 11 is 1.65. The average molecular weight is 308 g/mol. The van der Waals surface area contributed by atoms with Crippen molar-refractivity contribution in [2.45, 2.75) is 25.5 Å². The van der Waals surface area contributed by atoms with Gasteiger partial charge in [-0.2, -0.15) is 0 Å². The second-order valence-corrected chi connectivity index (χ2v) is 7.90. The lowest BCUT2D eigenvalue weighted by molar-refractivity contribution is -0.113. The largest absolute Gasteiger partial charge is 0.378 e. The number of carbonyl (C=O) groups is 1. The highest BCUT2D eigenvalue weighted by atomic mass is 32.2. The summed E-state index contributed by atoms with van der Waals surface area (Å²) in [5.74, 6) is 0.531. The molecule has 4 nitrogen and oxygen atoms in total. The van der Waals surface area contributed by atoms with Crippen molar-refractivity contribution in [2.75, 3.05) is 42.3 Å². The summed E-state index contributed by atoms with van der Waals surface area (Å²) in [7, 11) is 0. The van der Waals surface area contributed by atoms with Crippen molar-refractivity contribution in [3.8, 4) is 0 Å². The average Bonchev–Trinajstić information content (AvgIpc) is 2.46. The third-order valence-corrected chi connectivity index (χ3v) is 4.44. The topological polar surface area (TPSA) is 41.6 Å². The molecule has 1 amide bonds. The van der Waals surface area contributed by atoms with Crippen LogP contribution in [0.2, 0.25) is 0 Å². The van der Waals surface area contributed by atoms with E-state index in [1.54, 1.807) is 11.8 Å². The summed E-state index contributed by atoms with van der Waals surface area (Å²) in [6.07, 6.45) is 0. The Hall–Kier alpha value is -1.20. The number of hydrogen-bond donors (Lipinski definition) is 1. The van der Waals surface area contributed by atoms with Crippen molar-refractivity contribution in [3.63, 3.8) is 0 Å². The standard InChI is InChI=1S/C16H24N2O2S/c1-16(2,3)21-12-15(19)17-13-4-6-14(7-5-13)18-8-10-20-11-9-18/h4-7H,8-12H2,1-3H3,(H,17,19). The van der Waals surface area contributed by atoms with Crippen LogP contribution in [0.5, 0.6) is 0 Å². The number of nitrogens with zero attached hydrogens (tertiary/aromatic N) is 1. The normalized spacial score (nSPS) is 15.9. The predicted octanol–water partition coefficient (Wildman–Crippen LogP) is 2.99. The fourth-order valence-corrected chi connectivity index (χ4v) is 2.69. The molecule has 1 heterocycles. The molecule has 1 aromatic carbocycles. The van der Waals surface area contributed by atoms with Crippen molar-refractivity contribution in [2.24, 2.45) is 0 Å². The lowest BCUT2D eigenvalue weighted by Crippen LogP contribution is -2.36. The van der Waals surface area contributed by atoms with Gasteiger partial charge in [0.15, 0.2) is 0 Å². The molecule has 0 aromatic heterocycles. The van der Waals surface area contributed by atoms with Crippen LogP contribution in [0.1, 0.15) is 20.8 Å². The zero-order valence-corrected chi connectivity index (χ0v) is 13.8. The monoisotopic (exact) mass is 308 g/mol. The minimum absolute atomic E-state index is 0.0500. The van der Waals surface area contributed by atoms with E-state index in [1.165, 1.54) is 5.69 Å². The van der Waals surface area contributed by atoms with Crippen molar-refractivity contribution in [1.82, 2.24) is 0 Å². The molecule has 0 atom stereocenters. The van der Waals surface area contributed by atoms with Gasteiger partial charge in [0.25, 0.3) is 0 Å². The van der Waals surface area contributed by atoms with Crippen molar-refractivity contribution < 1.29 is 9.53 Å². The van der Waals surface area contributed by atoms with E-state index in [2.05, 4.69) is 43.1 Å². The zero-order valence-electron chi connectivity index (χ0n) is 13.0. The minimum atomic E-state index is 0.0500. The Bertz CT molecular complexity index is 462. The fraction of sp³-hybridized carbons (Fsp3) is 0.562. The van der Waals surface area contributed by atoms with Gasteiger partial charge in [0.1, 0.15) is 0 Å². The second kappa shape index (κ2) is 7.18. The molecule has 1 aliphatic heterocycles. The van der Waals surface area contributed by atoms with Crippen molar-refractivity contribution in [1.29, 1.82) is 0 Å². The molecule has 1 N–H and O–H groups in total. The van der Waals surface area contributed by atoms with Gasteiger partial charge in [-0.25, -0.2) is 0 Å². The van der Waals surface area contributed by atoms with Gasteiger partial charge in [0.05, 0.1) is 19.0 Å². The molecular formula is C16H24N2O2S. The van der Waals surface area contributed by atoms with E-state index in [9.17, 15) is 4.79 Å². The first kappa shape index (κ1) is 16.2. The van der Waals surface area contributed by atoms with Crippen LogP contribution in [0.15, 0.2) is 24.3 Å².